The maximum Gasteiger partial charge on any atom is 0.272 e. The number of carbonyl (C=O) groups is 1. The van der Waals surface area contributed by atoms with E-state index in [-0.39, 0.29) is 5.91 Å². The van der Waals surface area contributed by atoms with Gasteiger partial charge in [-0.1, -0.05) is 27.5 Å². The first-order valence-corrected chi connectivity index (χ1v) is 7.90. The number of alkyl halides is 1. The summed E-state index contributed by atoms with van der Waals surface area (Å²) in [5, 5.41) is 1.52. The van der Waals surface area contributed by atoms with Gasteiger partial charge in [0.15, 0.2) is 0 Å². The molecule has 1 aliphatic heterocycles. The van der Waals surface area contributed by atoms with Gasteiger partial charge < -0.3 is 9.80 Å². The number of hydrogen-bond donors (Lipinski definition) is 0. The van der Waals surface area contributed by atoms with E-state index >= 15 is 0 Å². The zero-order valence-electron chi connectivity index (χ0n) is 10.7. The van der Waals surface area contributed by atoms with E-state index in [0.717, 1.165) is 44.5 Å². The molecule has 1 aliphatic rings. The normalized spacial score (nSPS) is 17.3. The molecule has 0 unspecified atom stereocenters. The molecule has 2 heterocycles. The standard InChI is InChI=1S/C13H17BrClN3O/c14-4-7-17-5-1-6-18(9-8-17)13(19)12-3-2-11(15)10-16-12/h2-3,10H,1,4-9H2. The lowest BCUT2D eigenvalue weighted by Crippen LogP contribution is -2.36. The second-order valence-corrected chi connectivity index (χ2v) is 5.77. The molecule has 1 amide bonds. The molecule has 0 spiro atoms. The van der Waals surface area contributed by atoms with Gasteiger partial charge in [-0.15, -0.1) is 0 Å². The highest BCUT2D eigenvalue weighted by molar-refractivity contribution is 9.09. The van der Waals surface area contributed by atoms with Crippen LogP contribution >= 0.6 is 27.5 Å². The lowest BCUT2D eigenvalue weighted by molar-refractivity contribution is 0.0756. The van der Waals surface area contributed by atoms with Gasteiger partial charge >= 0.3 is 0 Å². The van der Waals surface area contributed by atoms with Gasteiger partial charge in [-0.2, -0.15) is 0 Å². The van der Waals surface area contributed by atoms with Crippen LogP contribution in [0.3, 0.4) is 0 Å². The van der Waals surface area contributed by atoms with E-state index in [9.17, 15) is 4.79 Å². The van der Waals surface area contributed by atoms with Gasteiger partial charge in [0.1, 0.15) is 5.69 Å². The van der Waals surface area contributed by atoms with Crippen molar-refractivity contribution >= 4 is 33.4 Å². The molecule has 0 atom stereocenters. The van der Waals surface area contributed by atoms with E-state index < -0.39 is 0 Å². The van der Waals surface area contributed by atoms with Crippen molar-refractivity contribution in [3.05, 3.63) is 29.0 Å². The van der Waals surface area contributed by atoms with Crippen LogP contribution in [-0.4, -0.2) is 58.7 Å². The number of amides is 1. The van der Waals surface area contributed by atoms with Gasteiger partial charge in [-0.3, -0.25) is 4.79 Å². The minimum Gasteiger partial charge on any atom is -0.336 e. The summed E-state index contributed by atoms with van der Waals surface area (Å²) in [7, 11) is 0. The van der Waals surface area contributed by atoms with Crippen molar-refractivity contribution in [1.82, 2.24) is 14.8 Å². The molecule has 4 nitrogen and oxygen atoms in total. The number of carbonyl (C=O) groups excluding carboxylic acids is 1. The fraction of sp³-hybridized carbons (Fsp3) is 0.538. The van der Waals surface area contributed by atoms with Gasteiger partial charge in [0.2, 0.25) is 0 Å². The fourth-order valence-electron chi connectivity index (χ4n) is 2.18. The van der Waals surface area contributed by atoms with Gasteiger partial charge in [-0.05, 0) is 25.1 Å². The third-order valence-electron chi connectivity index (χ3n) is 3.22. The summed E-state index contributed by atoms with van der Waals surface area (Å²) in [6.45, 7) is 4.55. The van der Waals surface area contributed by atoms with E-state index in [1.807, 2.05) is 4.90 Å². The number of pyridine rings is 1. The maximum absolute atomic E-state index is 12.3. The minimum absolute atomic E-state index is 0.00245. The topological polar surface area (TPSA) is 36.4 Å². The molecule has 0 bridgehead atoms. The summed E-state index contributed by atoms with van der Waals surface area (Å²) >= 11 is 9.24. The fourth-order valence-corrected chi connectivity index (χ4v) is 2.79. The molecule has 0 aliphatic carbocycles. The highest BCUT2D eigenvalue weighted by Crippen LogP contribution is 2.10. The summed E-state index contributed by atoms with van der Waals surface area (Å²) in [5.74, 6) is -0.00245. The Morgan fingerprint density at radius 3 is 2.84 bits per heavy atom. The highest BCUT2D eigenvalue weighted by Gasteiger charge is 2.20. The Morgan fingerprint density at radius 2 is 2.16 bits per heavy atom. The predicted molar refractivity (Wildman–Crippen MR) is 80.0 cm³/mol. The SMILES string of the molecule is O=C(c1ccc(Cl)cn1)N1CCCN(CCBr)CC1. The number of halogens is 2. The summed E-state index contributed by atoms with van der Waals surface area (Å²) < 4.78 is 0. The summed E-state index contributed by atoms with van der Waals surface area (Å²) in [4.78, 5) is 20.7. The van der Waals surface area contributed by atoms with E-state index in [0.29, 0.717) is 10.7 Å². The summed E-state index contributed by atoms with van der Waals surface area (Å²) in [6, 6.07) is 3.39. The minimum atomic E-state index is -0.00245. The Morgan fingerprint density at radius 1 is 1.32 bits per heavy atom. The molecule has 2 rings (SSSR count). The van der Waals surface area contributed by atoms with Gasteiger partial charge in [0, 0.05) is 37.7 Å². The van der Waals surface area contributed by atoms with Crippen LogP contribution in [0, 0.1) is 0 Å². The molecular formula is C13H17BrClN3O. The van der Waals surface area contributed by atoms with Crippen LogP contribution in [0.4, 0.5) is 0 Å². The zero-order valence-corrected chi connectivity index (χ0v) is 13.0. The number of nitrogens with zero attached hydrogens (tertiary/aromatic N) is 3. The van der Waals surface area contributed by atoms with Crippen LogP contribution in [-0.2, 0) is 0 Å². The van der Waals surface area contributed by atoms with E-state index in [2.05, 4.69) is 25.8 Å². The first-order valence-electron chi connectivity index (χ1n) is 6.40. The number of aromatic nitrogens is 1. The molecule has 104 valence electrons. The molecule has 0 N–H and O–H groups in total. The molecule has 0 radical (unpaired) electrons. The molecule has 0 aromatic carbocycles. The molecular weight excluding hydrogens is 330 g/mol. The molecule has 1 fully saturated rings. The Balaban J connectivity index is 1.98. The Bertz CT molecular complexity index is 426. The number of rotatable bonds is 3. The third-order valence-corrected chi connectivity index (χ3v) is 3.80. The maximum atomic E-state index is 12.3. The van der Waals surface area contributed by atoms with E-state index in [4.69, 9.17) is 11.6 Å². The van der Waals surface area contributed by atoms with Crippen molar-refractivity contribution < 1.29 is 4.79 Å². The lowest BCUT2D eigenvalue weighted by Gasteiger charge is -2.21. The van der Waals surface area contributed by atoms with Crippen LogP contribution < -0.4 is 0 Å². The Hall–Kier alpha value is -0.650. The summed E-state index contributed by atoms with van der Waals surface area (Å²) in [6.07, 6.45) is 2.52. The Labute approximate surface area is 126 Å². The predicted octanol–water partition coefficient (Wildman–Crippen LogP) is 2.28. The second-order valence-electron chi connectivity index (χ2n) is 4.54. The zero-order chi connectivity index (χ0) is 13.7. The van der Waals surface area contributed by atoms with Crippen LogP contribution in [0.1, 0.15) is 16.9 Å². The van der Waals surface area contributed by atoms with Crippen LogP contribution in [0.2, 0.25) is 5.02 Å². The lowest BCUT2D eigenvalue weighted by atomic mass is 10.3. The first kappa shape index (κ1) is 14.8. The first-order chi connectivity index (χ1) is 9.20. The smallest absolute Gasteiger partial charge is 0.272 e. The van der Waals surface area contributed by atoms with E-state index in [1.165, 1.54) is 6.20 Å². The van der Waals surface area contributed by atoms with Crippen molar-refractivity contribution in [1.29, 1.82) is 0 Å². The van der Waals surface area contributed by atoms with Gasteiger partial charge in [0.25, 0.3) is 5.91 Å². The highest BCUT2D eigenvalue weighted by atomic mass is 79.9. The largest absolute Gasteiger partial charge is 0.336 e. The van der Waals surface area contributed by atoms with Crippen LogP contribution in [0.25, 0.3) is 0 Å². The molecule has 6 heteroatoms. The third kappa shape index (κ3) is 4.16. The monoisotopic (exact) mass is 345 g/mol. The molecule has 1 aromatic rings. The van der Waals surface area contributed by atoms with Crippen LogP contribution in [0.5, 0.6) is 0 Å². The van der Waals surface area contributed by atoms with E-state index in [1.54, 1.807) is 12.1 Å². The van der Waals surface area contributed by atoms with Crippen molar-refractivity contribution in [2.24, 2.45) is 0 Å². The molecule has 19 heavy (non-hydrogen) atoms. The van der Waals surface area contributed by atoms with Crippen molar-refractivity contribution in [3.8, 4) is 0 Å². The Kier molecular flexibility index (Phi) is 5.60. The molecule has 0 saturated carbocycles. The average Bonchev–Trinajstić information content (AvgIpc) is 2.65. The molecule has 1 aromatic heterocycles. The second kappa shape index (κ2) is 7.22. The molecule has 1 saturated heterocycles. The summed E-state index contributed by atoms with van der Waals surface area (Å²) in [5.41, 5.74) is 0.471. The van der Waals surface area contributed by atoms with Crippen molar-refractivity contribution in [3.63, 3.8) is 0 Å². The van der Waals surface area contributed by atoms with Crippen molar-refractivity contribution in [2.75, 3.05) is 38.1 Å². The number of hydrogen-bond acceptors (Lipinski definition) is 3. The quantitative estimate of drug-likeness (QED) is 0.788. The van der Waals surface area contributed by atoms with Crippen molar-refractivity contribution in [2.45, 2.75) is 6.42 Å². The van der Waals surface area contributed by atoms with Crippen LogP contribution in [0.15, 0.2) is 18.3 Å². The van der Waals surface area contributed by atoms with Gasteiger partial charge in [-0.25, -0.2) is 4.98 Å². The average molecular weight is 347 g/mol. The van der Waals surface area contributed by atoms with Gasteiger partial charge in [0.05, 0.1) is 5.02 Å².